The van der Waals surface area contributed by atoms with Gasteiger partial charge in [-0.1, -0.05) is 69.3 Å². The molecule has 3 aromatic rings. The monoisotopic (exact) mass is 609 g/mol. The van der Waals surface area contributed by atoms with E-state index >= 15 is 0 Å². The number of aliphatic hydroxyl groups is 1. The Labute approximate surface area is 252 Å². The molecule has 2 aliphatic carbocycles. The van der Waals surface area contributed by atoms with E-state index in [1.807, 2.05) is 44.3 Å². The van der Waals surface area contributed by atoms with E-state index in [0.717, 1.165) is 29.0 Å². The third-order valence-electron chi connectivity index (χ3n) is 9.26. The third kappa shape index (κ3) is 6.02. The number of sulfone groups is 1. The number of aliphatic hydroxyl groups excluding tert-OH is 1. The smallest absolute Gasteiger partial charge is 0.241 e. The number of nitrogens with zero attached hydrogens (tertiary/aromatic N) is 2. The van der Waals surface area contributed by atoms with Crippen molar-refractivity contribution < 1.29 is 23.1 Å². The fourth-order valence-electron chi connectivity index (χ4n) is 7.11. The number of rotatable bonds is 8. The van der Waals surface area contributed by atoms with Crippen LogP contribution in [0.5, 0.6) is 0 Å². The summed E-state index contributed by atoms with van der Waals surface area (Å²) in [5.74, 6) is -1.95. The number of fused-ring (bicyclic) bond motifs is 2. The molecule has 2 aromatic carbocycles. The Morgan fingerprint density at radius 1 is 1.14 bits per heavy atom. The highest BCUT2D eigenvalue weighted by atomic mass is 32.2. The van der Waals surface area contributed by atoms with E-state index in [0.29, 0.717) is 18.1 Å². The molecule has 6 atom stereocenters. The Hall–Kier alpha value is -3.08. The molecule has 1 fully saturated rings. The quantitative estimate of drug-likeness (QED) is 0.375. The summed E-state index contributed by atoms with van der Waals surface area (Å²) in [6.45, 7) is 6.72. The van der Waals surface area contributed by atoms with E-state index in [1.54, 1.807) is 23.1 Å². The molecule has 0 radical (unpaired) electrons. The Balaban J connectivity index is 1.28. The first-order valence-electron chi connectivity index (χ1n) is 14.4. The van der Waals surface area contributed by atoms with Gasteiger partial charge in [0.1, 0.15) is 5.75 Å². The van der Waals surface area contributed by atoms with Crippen LogP contribution in [-0.4, -0.2) is 54.1 Å². The molecule has 0 saturated heterocycles. The topological polar surface area (TPSA) is 117 Å². The summed E-state index contributed by atoms with van der Waals surface area (Å²) in [5.41, 5.74) is 1.73. The molecule has 2 aliphatic rings. The molecule has 5 rings (SSSR count). The standard InChI is InChI=1S/C32H39N3O5S2/c1-20(30(38)35(4)18-22-11-7-5-8-12-22)24-15-16-32(3)17-25-28(21(2)27(32)29(24)37)34-31(41-25)33-26(36)19-42(39,40)23-13-9-6-10-14-23/h5-14,20-21,24,27,29,37H,15-19H2,1-4H3,(H,33,34,36)/t20-,21-,24-,27+,29-,32+/m0/s1. The molecule has 0 unspecified atom stereocenters. The molecule has 42 heavy (non-hydrogen) atoms. The number of benzene rings is 2. The summed E-state index contributed by atoms with van der Waals surface area (Å²) in [6.07, 6.45) is 1.67. The van der Waals surface area contributed by atoms with Gasteiger partial charge in [0, 0.05) is 30.3 Å². The van der Waals surface area contributed by atoms with Crippen molar-refractivity contribution in [2.75, 3.05) is 18.1 Å². The van der Waals surface area contributed by atoms with Crippen molar-refractivity contribution in [1.82, 2.24) is 9.88 Å². The first kappa shape index (κ1) is 30.4. The molecule has 1 saturated carbocycles. The highest BCUT2D eigenvalue weighted by Gasteiger charge is 2.54. The van der Waals surface area contributed by atoms with E-state index in [1.165, 1.54) is 23.5 Å². The van der Waals surface area contributed by atoms with Gasteiger partial charge in [-0.05, 0) is 54.2 Å². The number of nitrogens with one attached hydrogen (secondary N) is 1. The summed E-state index contributed by atoms with van der Waals surface area (Å²) in [7, 11) is -1.96. The number of aromatic nitrogens is 1. The molecule has 1 heterocycles. The highest BCUT2D eigenvalue weighted by molar-refractivity contribution is 7.92. The lowest BCUT2D eigenvalue weighted by Crippen LogP contribution is -2.53. The number of amides is 2. The van der Waals surface area contributed by atoms with E-state index in [2.05, 4.69) is 19.2 Å². The van der Waals surface area contributed by atoms with Crippen LogP contribution in [0.15, 0.2) is 65.6 Å². The fraction of sp³-hybridized carbons (Fsp3) is 0.469. The van der Waals surface area contributed by atoms with Gasteiger partial charge in [-0.2, -0.15) is 0 Å². The number of carbonyl (C=O) groups is 2. The SMILES string of the molecule is C[C@H](C(=O)N(C)Cc1ccccc1)[C@@H]1CC[C@]2(C)Cc3sc(NC(=O)CS(=O)(=O)c4ccccc4)nc3[C@@H](C)[C@@H]2[C@H]1O. The molecule has 0 aliphatic heterocycles. The molecule has 2 amide bonds. The van der Waals surface area contributed by atoms with Crippen LogP contribution >= 0.6 is 11.3 Å². The van der Waals surface area contributed by atoms with Gasteiger partial charge in [-0.25, -0.2) is 13.4 Å². The van der Waals surface area contributed by atoms with Gasteiger partial charge in [0.2, 0.25) is 11.8 Å². The van der Waals surface area contributed by atoms with Crippen molar-refractivity contribution in [1.29, 1.82) is 0 Å². The van der Waals surface area contributed by atoms with Crippen molar-refractivity contribution in [3.8, 4) is 0 Å². The van der Waals surface area contributed by atoms with Crippen molar-refractivity contribution in [2.45, 2.75) is 63.5 Å². The number of anilines is 1. The summed E-state index contributed by atoms with van der Waals surface area (Å²) in [6, 6.07) is 17.8. The molecular weight excluding hydrogens is 571 g/mol. The van der Waals surface area contributed by atoms with Gasteiger partial charge in [0.25, 0.3) is 0 Å². The first-order chi connectivity index (χ1) is 19.9. The lowest BCUT2D eigenvalue weighted by atomic mass is 9.53. The van der Waals surface area contributed by atoms with Crippen LogP contribution in [0.1, 0.15) is 55.7 Å². The van der Waals surface area contributed by atoms with Gasteiger partial charge in [0.15, 0.2) is 15.0 Å². The van der Waals surface area contributed by atoms with Crippen LogP contribution < -0.4 is 5.32 Å². The van der Waals surface area contributed by atoms with E-state index in [4.69, 9.17) is 4.98 Å². The predicted octanol–water partition coefficient (Wildman–Crippen LogP) is 4.90. The second-order valence-electron chi connectivity index (χ2n) is 12.3. The second kappa shape index (κ2) is 11.9. The summed E-state index contributed by atoms with van der Waals surface area (Å²) in [5, 5.41) is 14.8. The summed E-state index contributed by atoms with van der Waals surface area (Å²) in [4.78, 5) is 33.8. The number of carbonyl (C=O) groups excluding carboxylic acids is 2. The zero-order chi connectivity index (χ0) is 30.2. The van der Waals surface area contributed by atoms with Crippen molar-refractivity contribution in [3.05, 3.63) is 76.8 Å². The maximum Gasteiger partial charge on any atom is 0.241 e. The zero-order valence-electron chi connectivity index (χ0n) is 24.5. The molecule has 224 valence electrons. The molecular formula is C32H39N3O5S2. The maximum absolute atomic E-state index is 13.4. The average molecular weight is 610 g/mol. The van der Waals surface area contributed by atoms with Gasteiger partial charge in [-0.3, -0.25) is 9.59 Å². The first-order valence-corrected chi connectivity index (χ1v) is 16.9. The average Bonchev–Trinajstić information content (AvgIpc) is 3.34. The number of hydrogen-bond donors (Lipinski definition) is 2. The molecule has 10 heteroatoms. The van der Waals surface area contributed by atoms with Crippen LogP contribution in [0, 0.1) is 23.2 Å². The Bertz CT molecular complexity index is 1540. The minimum Gasteiger partial charge on any atom is -0.392 e. The van der Waals surface area contributed by atoms with Crippen LogP contribution in [0.2, 0.25) is 0 Å². The molecule has 0 bridgehead atoms. The van der Waals surface area contributed by atoms with E-state index in [9.17, 15) is 23.1 Å². The fourth-order valence-corrected chi connectivity index (χ4v) is 9.54. The molecule has 0 spiro atoms. The van der Waals surface area contributed by atoms with E-state index < -0.39 is 27.6 Å². The van der Waals surface area contributed by atoms with Crippen LogP contribution in [0.25, 0.3) is 0 Å². The van der Waals surface area contributed by atoms with Gasteiger partial charge in [0.05, 0.1) is 16.7 Å². The summed E-state index contributed by atoms with van der Waals surface area (Å²) < 4.78 is 25.3. The molecule has 1 aromatic heterocycles. The third-order valence-corrected chi connectivity index (χ3v) is 11.9. The Morgan fingerprint density at radius 2 is 1.79 bits per heavy atom. The van der Waals surface area contributed by atoms with Crippen LogP contribution in [-0.2, 0) is 32.4 Å². The Kier molecular flexibility index (Phi) is 8.60. The van der Waals surface area contributed by atoms with Crippen molar-refractivity contribution >= 4 is 38.1 Å². The minimum atomic E-state index is -3.77. The Morgan fingerprint density at radius 3 is 2.45 bits per heavy atom. The lowest BCUT2D eigenvalue weighted by molar-refractivity contribution is -0.144. The molecule has 2 N–H and O–H groups in total. The number of hydrogen-bond acceptors (Lipinski definition) is 7. The second-order valence-corrected chi connectivity index (χ2v) is 15.3. The van der Waals surface area contributed by atoms with Gasteiger partial charge < -0.3 is 15.3 Å². The van der Waals surface area contributed by atoms with Crippen LogP contribution in [0.4, 0.5) is 5.13 Å². The molecule has 8 nitrogen and oxygen atoms in total. The lowest BCUT2D eigenvalue weighted by Gasteiger charge is -2.53. The predicted molar refractivity (Wildman–Crippen MR) is 164 cm³/mol. The number of thiazole rings is 1. The van der Waals surface area contributed by atoms with Crippen LogP contribution in [0.3, 0.4) is 0 Å². The van der Waals surface area contributed by atoms with Gasteiger partial charge >= 0.3 is 0 Å². The largest absolute Gasteiger partial charge is 0.392 e. The zero-order valence-corrected chi connectivity index (χ0v) is 26.1. The van der Waals surface area contributed by atoms with Crippen molar-refractivity contribution in [2.24, 2.45) is 23.2 Å². The van der Waals surface area contributed by atoms with E-state index in [-0.39, 0.29) is 39.9 Å². The van der Waals surface area contributed by atoms with Crippen molar-refractivity contribution in [3.63, 3.8) is 0 Å². The maximum atomic E-state index is 13.4. The normalized spacial score (nSPS) is 26.0. The minimum absolute atomic E-state index is 0.0276. The van der Waals surface area contributed by atoms with Gasteiger partial charge in [-0.15, -0.1) is 11.3 Å². The highest BCUT2D eigenvalue weighted by Crippen LogP contribution is 2.57. The summed E-state index contributed by atoms with van der Waals surface area (Å²) >= 11 is 1.38.